The second-order valence-electron chi connectivity index (χ2n) is 9.60. The summed E-state index contributed by atoms with van der Waals surface area (Å²) in [4.78, 5) is 22.4. The third kappa shape index (κ3) is 5.77. The first kappa shape index (κ1) is 27.9. The zero-order chi connectivity index (χ0) is 28.3. The summed E-state index contributed by atoms with van der Waals surface area (Å²) in [5, 5.41) is 0.569. The fourth-order valence-corrected chi connectivity index (χ4v) is 7.01. The van der Waals surface area contributed by atoms with Gasteiger partial charge in [0.1, 0.15) is 13.2 Å². The van der Waals surface area contributed by atoms with Crippen LogP contribution in [-0.2, 0) is 10.0 Å². The number of aromatic nitrogens is 1. The van der Waals surface area contributed by atoms with E-state index in [0.717, 1.165) is 23.2 Å². The predicted molar refractivity (Wildman–Crippen MR) is 159 cm³/mol. The molecular formula is C29H32N4O5S2. The van der Waals surface area contributed by atoms with Gasteiger partial charge in [-0.3, -0.25) is 14.0 Å². The van der Waals surface area contributed by atoms with Crippen LogP contribution in [-0.4, -0.2) is 71.2 Å². The van der Waals surface area contributed by atoms with Crippen molar-refractivity contribution < 1.29 is 22.7 Å². The van der Waals surface area contributed by atoms with Gasteiger partial charge in [0.15, 0.2) is 16.6 Å². The Labute approximate surface area is 238 Å². The van der Waals surface area contributed by atoms with Crippen LogP contribution in [0.5, 0.6) is 11.5 Å². The standard InChI is InChI=1S/C29H32N4O5S2/c1-4-33(22-9-6-5-7-10-22)40(35,36)23-13-11-21(12-14-23)28(34)32(16-8-15-31(2)3)29-30-24-19-25-26(20-27(24)39-29)38-18-17-37-25/h5-7,9-14,19-20H,4,8,15-18H2,1-3H3. The normalized spacial score (nSPS) is 13.0. The molecule has 1 aliphatic heterocycles. The van der Waals surface area contributed by atoms with E-state index in [1.54, 1.807) is 48.2 Å². The summed E-state index contributed by atoms with van der Waals surface area (Å²) in [5.41, 5.74) is 1.71. The lowest BCUT2D eigenvalue weighted by molar-refractivity contribution is 0.0986. The monoisotopic (exact) mass is 580 g/mol. The zero-order valence-corrected chi connectivity index (χ0v) is 24.4. The lowest BCUT2D eigenvalue weighted by atomic mass is 10.2. The number of para-hydroxylation sites is 1. The highest BCUT2D eigenvalue weighted by Gasteiger charge is 2.26. The van der Waals surface area contributed by atoms with Crippen molar-refractivity contribution in [1.82, 2.24) is 9.88 Å². The number of nitrogens with zero attached hydrogens (tertiary/aromatic N) is 4. The molecule has 40 heavy (non-hydrogen) atoms. The maximum Gasteiger partial charge on any atom is 0.264 e. The van der Waals surface area contributed by atoms with E-state index in [-0.39, 0.29) is 17.3 Å². The number of ether oxygens (including phenoxy) is 2. The summed E-state index contributed by atoms with van der Waals surface area (Å²) < 4.78 is 40.5. The molecular weight excluding hydrogens is 548 g/mol. The van der Waals surface area contributed by atoms with Gasteiger partial charge in [0.05, 0.1) is 20.8 Å². The van der Waals surface area contributed by atoms with Gasteiger partial charge in [0.2, 0.25) is 0 Å². The van der Waals surface area contributed by atoms with E-state index >= 15 is 0 Å². The number of anilines is 2. The van der Waals surface area contributed by atoms with Gasteiger partial charge in [0.25, 0.3) is 15.9 Å². The van der Waals surface area contributed by atoms with Crippen LogP contribution >= 0.6 is 11.3 Å². The second-order valence-corrected chi connectivity index (χ2v) is 12.5. The molecule has 0 fully saturated rings. The van der Waals surface area contributed by atoms with E-state index in [1.807, 2.05) is 32.3 Å². The van der Waals surface area contributed by atoms with Gasteiger partial charge in [-0.05, 0) is 70.4 Å². The number of hydrogen-bond donors (Lipinski definition) is 0. The van der Waals surface area contributed by atoms with Crippen LogP contribution in [0.25, 0.3) is 10.2 Å². The SMILES string of the molecule is CCN(c1ccccc1)S(=O)(=O)c1ccc(C(=O)N(CCCN(C)C)c2nc3cc4c(cc3s2)OCCO4)cc1. The van der Waals surface area contributed by atoms with E-state index < -0.39 is 10.0 Å². The third-order valence-corrected chi connectivity index (χ3v) is 9.48. The fourth-order valence-electron chi connectivity index (χ4n) is 4.54. The molecule has 3 aromatic carbocycles. The molecule has 4 aromatic rings. The van der Waals surface area contributed by atoms with Gasteiger partial charge in [-0.25, -0.2) is 13.4 Å². The number of benzene rings is 3. The molecule has 0 spiro atoms. The largest absolute Gasteiger partial charge is 0.486 e. The number of carbonyl (C=O) groups is 1. The van der Waals surface area contributed by atoms with E-state index in [9.17, 15) is 13.2 Å². The molecule has 0 saturated carbocycles. The van der Waals surface area contributed by atoms with Crippen molar-refractivity contribution in [3.63, 3.8) is 0 Å². The number of sulfonamides is 1. The number of thiazole rings is 1. The highest BCUT2D eigenvalue weighted by molar-refractivity contribution is 7.92. The minimum atomic E-state index is -3.80. The predicted octanol–water partition coefficient (Wildman–Crippen LogP) is 4.88. The minimum Gasteiger partial charge on any atom is -0.486 e. The molecule has 0 bridgehead atoms. The van der Waals surface area contributed by atoms with E-state index in [1.165, 1.54) is 27.8 Å². The number of carbonyl (C=O) groups excluding carboxylic acids is 1. The summed E-state index contributed by atoms with van der Waals surface area (Å²) in [7, 11) is 0.178. The number of hydrogen-bond acceptors (Lipinski definition) is 8. The maximum absolute atomic E-state index is 13.8. The highest BCUT2D eigenvalue weighted by Crippen LogP contribution is 2.39. The summed E-state index contributed by atoms with van der Waals surface area (Å²) in [6.07, 6.45) is 0.742. The first-order chi connectivity index (χ1) is 19.3. The summed E-state index contributed by atoms with van der Waals surface area (Å²) in [5.74, 6) is 1.08. The van der Waals surface area contributed by atoms with Crippen molar-refractivity contribution in [2.24, 2.45) is 0 Å². The van der Waals surface area contributed by atoms with Gasteiger partial charge < -0.3 is 14.4 Å². The Morgan fingerprint density at radius 2 is 1.62 bits per heavy atom. The third-order valence-electron chi connectivity index (χ3n) is 6.52. The first-order valence-electron chi connectivity index (χ1n) is 13.1. The molecule has 0 aliphatic carbocycles. The van der Waals surface area contributed by atoms with Crippen molar-refractivity contribution >= 4 is 48.3 Å². The molecule has 1 aliphatic rings. The average Bonchev–Trinajstić information content (AvgIpc) is 3.37. The molecule has 0 saturated heterocycles. The Bertz CT molecular complexity index is 1550. The highest BCUT2D eigenvalue weighted by atomic mass is 32.2. The Hall–Kier alpha value is -3.67. The topological polar surface area (TPSA) is 92.3 Å². The maximum atomic E-state index is 13.8. The first-order valence-corrected chi connectivity index (χ1v) is 15.4. The number of amides is 1. The summed E-state index contributed by atoms with van der Waals surface area (Å²) >= 11 is 1.41. The molecule has 0 atom stereocenters. The molecule has 0 unspecified atom stereocenters. The molecule has 210 valence electrons. The Morgan fingerprint density at radius 1 is 0.950 bits per heavy atom. The van der Waals surface area contributed by atoms with Gasteiger partial charge in [-0.1, -0.05) is 29.5 Å². The van der Waals surface area contributed by atoms with Crippen molar-refractivity contribution in [2.45, 2.75) is 18.2 Å². The van der Waals surface area contributed by atoms with E-state index in [2.05, 4.69) is 4.90 Å². The van der Waals surface area contributed by atoms with Crippen LogP contribution in [0.15, 0.2) is 71.6 Å². The molecule has 1 aromatic heterocycles. The van der Waals surface area contributed by atoms with Crippen LogP contribution in [0, 0.1) is 0 Å². The fraction of sp³-hybridized carbons (Fsp3) is 0.310. The van der Waals surface area contributed by atoms with E-state index in [0.29, 0.717) is 47.6 Å². The lowest BCUT2D eigenvalue weighted by Gasteiger charge is -2.23. The zero-order valence-electron chi connectivity index (χ0n) is 22.7. The van der Waals surface area contributed by atoms with Crippen molar-refractivity contribution in [2.75, 3.05) is 56.1 Å². The molecule has 2 heterocycles. The van der Waals surface area contributed by atoms with Crippen LogP contribution < -0.4 is 18.7 Å². The van der Waals surface area contributed by atoms with Gasteiger partial charge in [0, 0.05) is 30.8 Å². The number of rotatable bonds is 10. The molecule has 1 amide bonds. The minimum absolute atomic E-state index is 0.125. The van der Waals surface area contributed by atoms with Crippen molar-refractivity contribution in [3.8, 4) is 11.5 Å². The Morgan fingerprint density at radius 3 is 2.27 bits per heavy atom. The van der Waals surface area contributed by atoms with Gasteiger partial charge in [-0.2, -0.15) is 0 Å². The van der Waals surface area contributed by atoms with Crippen LogP contribution in [0.3, 0.4) is 0 Å². The van der Waals surface area contributed by atoms with Crippen molar-refractivity contribution in [1.29, 1.82) is 0 Å². The van der Waals surface area contributed by atoms with Crippen LogP contribution in [0.4, 0.5) is 10.8 Å². The molecule has 0 radical (unpaired) electrons. The molecule has 11 heteroatoms. The van der Waals surface area contributed by atoms with Gasteiger partial charge in [-0.15, -0.1) is 0 Å². The Balaban J connectivity index is 1.44. The second kappa shape index (κ2) is 11.8. The molecule has 0 N–H and O–H groups in total. The summed E-state index contributed by atoms with van der Waals surface area (Å²) in [6, 6.07) is 18.8. The van der Waals surface area contributed by atoms with Crippen molar-refractivity contribution in [3.05, 3.63) is 72.3 Å². The quantitative estimate of drug-likeness (QED) is 0.264. The average molecular weight is 581 g/mol. The summed E-state index contributed by atoms with van der Waals surface area (Å²) in [6.45, 7) is 4.31. The van der Waals surface area contributed by atoms with Crippen LogP contribution in [0.2, 0.25) is 0 Å². The lowest BCUT2D eigenvalue weighted by Crippen LogP contribution is -2.33. The smallest absolute Gasteiger partial charge is 0.264 e. The number of fused-ring (bicyclic) bond motifs is 2. The van der Waals surface area contributed by atoms with Gasteiger partial charge >= 0.3 is 0 Å². The molecule has 9 nitrogen and oxygen atoms in total. The van der Waals surface area contributed by atoms with E-state index in [4.69, 9.17) is 14.5 Å². The molecule has 5 rings (SSSR count). The van der Waals surface area contributed by atoms with Crippen LogP contribution in [0.1, 0.15) is 23.7 Å². The Kier molecular flexibility index (Phi) is 8.24.